The van der Waals surface area contributed by atoms with Gasteiger partial charge in [-0.2, -0.15) is 8.78 Å². The Morgan fingerprint density at radius 1 is 1.13 bits per heavy atom. The van der Waals surface area contributed by atoms with Gasteiger partial charge in [-0.15, -0.1) is 24.0 Å². The second-order valence-electron chi connectivity index (χ2n) is 7.32. The third-order valence-electron chi connectivity index (χ3n) is 4.65. The predicted octanol–water partition coefficient (Wildman–Crippen LogP) is 3.81. The molecule has 0 fully saturated rings. The van der Waals surface area contributed by atoms with Gasteiger partial charge in [0.1, 0.15) is 5.75 Å². The largest absolute Gasteiger partial charge is 0.454 e. The summed E-state index contributed by atoms with van der Waals surface area (Å²) >= 11 is 0. The molecule has 1 aromatic carbocycles. The third kappa shape index (κ3) is 7.93. The van der Waals surface area contributed by atoms with Crippen molar-refractivity contribution in [1.29, 1.82) is 0 Å². The van der Waals surface area contributed by atoms with E-state index in [0.717, 1.165) is 19.5 Å². The first-order valence-electron chi connectivity index (χ1n) is 9.89. The number of ether oxygens (including phenoxy) is 3. The number of nitrogens with one attached hydrogen (secondary N) is 2. The minimum atomic E-state index is -2.92. The minimum Gasteiger partial charge on any atom is -0.454 e. The molecule has 1 heterocycles. The van der Waals surface area contributed by atoms with Gasteiger partial charge < -0.3 is 24.8 Å². The minimum absolute atomic E-state index is 0. The summed E-state index contributed by atoms with van der Waals surface area (Å²) in [7, 11) is 1.67. The molecular weight excluding hydrogens is 509 g/mol. The van der Waals surface area contributed by atoms with E-state index in [1.807, 2.05) is 0 Å². The molecule has 0 amide bonds. The van der Waals surface area contributed by atoms with Crippen molar-refractivity contribution in [1.82, 2.24) is 15.5 Å². The molecule has 0 aliphatic carbocycles. The zero-order valence-corrected chi connectivity index (χ0v) is 20.5. The number of fused-ring (bicyclic) bond motifs is 1. The number of alkyl halides is 2. The predicted molar refractivity (Wildman–Crippen MR) is 124 cm³/mol. The second-order valence-corrected chi connectivity index (χ2v) is 7.32. The number of guanidine groups is 1. The average molecular weight is 542 g/mol. The van der Waals surface area contributed by atoms with Gasteiger partial charge in [0.15, 0.2) is 17.5 Å². The van der Waals surface area contributed by atoms with Crippen molar-refractivity contribution < 1.29 is 23.0 Å². The van der Waals surface area contributed by atoms with E-state index in [4.69, 9.17) is 9.47 Å². The van der Waals surface area contributed by atoms with Crippen LogP contribution in [0.25, 0.3) is 0 Å². The van der Waals surface area contributed by atoms with Crippen LogP contribution in [-0.4, -0.2) is 56.5 Å². The standard InChI is InChI=1S/C20H32F2N4O3.HI/c1-13(2)26(14(3)4)8-6-7-24-20(23-5)25-11-15-9-17-18(28-12-27-17)10-16(15)29-19(21)22;/h9-10,13-14,19H,6-8,11-12H2,1-5H3,(H2,23,24,25);1H. The van der Waals surface area contributed by atoms with E-state index in [-0.39, 0.29) is 43.1 Å². The maximum absolute atomic E-state index is 12.7. The molecule has 0 unspecified atom stereocenters. The first kappa shape index (κ1) is 26.5. The van der Waals surface area contributed by atoms with Crippen molar-refractivity contribution in [3.05, 3.63) is 17.7 Å². The van der Waals surface area contributed by atoms with Gasteiger partial charge in [0.2, 0.25) is 6.79 Å². The lowest BCUT2D eigenvalue weighted by Crippen LogP contribution is -2.41. The molecule has 1 aliphatic heterocycles. The lowest BCUT2D eigenvalue weighted by Gasteiger charge is -2.30. The SMILES string of the molecule is CN=C(NCCCN(C(C)C)C(C)C)NCc1cc2c(cc1OC(F)F)OCO2.I. The quantitative estimate of drug-likeness (QED) is 0.203. The van der Waals surface area contributed by atoms with E-state index in [2.05, 4.69) is 53.0 Å². The fourth-order valence-corrected chi connectivity index (χ4v) is 3.29. The molecule has 10 heteroatoms. The van der Waals surface area contributed by atoms with Crippen LogP contribution in [0.2, 0.25) is 0 Å². The molecule has 7 nitrogen and oxygen atoms in total. The maximum Gasteiger partial charge on any atom is 0.387 e. The molecule has 0 saturated carbocycles. The average Bonchev–Trinajstić information content (AvgIpc) is 3.09. The number of hydrogen-bond acceptors (Lipinski definition) is 5. The summed E-state index contributed by atoms with van der Waals surface area (Å²) in [5, 5.41) is 6.38. The maximum atomic E-state index is 12.7. The Morgan fingerprint density at radius 2 is 1.77 bits per heavy atom. The Balaban J connectivity index is 0.00000450. The van der Waals surface area contributed by atoms with Crippen molar-refractivity contribution in [3.8, 4) is 17.2 Å². The molecule has 1 aliphatic rings. The zero-order chi connectivity index (χ0) is 21.4. The molecule has 0 saturated heterocycles. The monoisotopic (exact) mass is 542 g/mol. The van der Waals surface area contributed by atoms with Crippen LogP contribution >= 0.6 is 24.0 Å². The van der Waals surface area contributed by atoms with E-state index < -0.39 is 6.61 Å². The number of hydrogen-bond donors (Lipinski definition) is 2. The molecule has 2 rings (SSSR count). The van der Waals surface area contributed by atoms with Gasteiger partial charge in [0.25, 0.3) is 0 Å². The fourth-order valence-electron chi connectivity index (χ4n) is 3.29. The topological polar surface area (TPSA) is 67.4 Å². The van der Waals surface area contributed by atoms with Crippen LogP contribution in [0.4, 0.5) is 8.78 Å². The Bertz CT molecular complexity index is 682. The lowest BCUT2D eigenvalue weighted by atomic mass is 10.1. The van der Waals surface area contributed by atoms with Crippen LogP contribution in [0.5, 0.6) is 17.2 Å². The van der Waals surface area contributed by atoms with Crippen molar-refractivity contribution in [2.24, 2.45) is 4.99 Å². The highest BCUT2D eigenvalue weighted by Crippen LogP contribution is 2.38. The van der Waals surface area contributed by atoms with Crippen LogP contribution in [0.15, 0.2) is 17.1 Å². The van der Waals surface area contributed by atoms with Crippen LogP contribution in [-0.2, 0) is 6.54 Å². The molecule has 172 valence electrons. The molecule has 0 bridgehead atoms. The van der Waals surface area contributed by atoms with Gasteiger partial charge in [-0.25, -0.2) is 0 Å². The molecule has 0 aromatic heterocycles. The summed E-state index contributed by atoms with van der Waals surface area (Å²) in [6, 6.07) is 4.05. The number of halogens is 3. The summed E-state index contributed by atoms with van der Waals surface area (Å²) in [5.74, 6) is 1.55. The molecule has 30 heavy (non-hydrogen) atoms. The van der Waals surface area contributed by atoms with E-state index in [0.29, 0.717) is 35.1 Å². The van der Waals surface area contributed by atoms with Gasteiger partial charge in [0, 0.05) is 50.4 Å². The Hall–Kier alpha value is -1.56. The first-order valence-corrected chi connectivity index (χ1v) is 9.89. The Morgan fingerprint density at radius 3 is 2.33 bits per heavy atom. The van der Waals surface area contributed by atoms with Gasteiger partial charge in [-0.3, -0.25) is 9.89 Å². The fraction of sp³-hybridized carbons (Fsp3) is 0.650. The summed E-state index contributed by atoms with van der Waals surface area (Å²) in [6.07, 6.45) is 0.959. The van der Waals surface area contributed by atoms with Gasteiger partial charge in [0.05, 0.1) is 0 Å². The van der Waals surface area contributed by atoms with Crippen LogP contribution < -0.4 is 24.8 Å². The summed E-state index contributed by atoms with van der Waals surface area (Å²) < 4.78 is 40.7. The molecular formula is C20H33F2IN4O3. The lowest BCUT2D eigenvalue weighted by molar-refractivity contribution is -0.0505. The van der Waals surface area contributed by atoms with Gasteiger partial charge >= 0.3 is 6.61 Å². The molecule has 1 aromatic rings. The van der Waals surface area contributed by atoms with Crippen LogP contribution in [0.3, 0.4) is 0 Å². The number of nitrogens with zero attached hydrogens (tertiary/aromatic N) is 2. The van der Waals surface area contributed by atoms with Crippen molar-refractivity contribution in [2.75, 3.05) is 26.9 Å². The summed E-state index contributed by atoms with van der Waals surface area (Å²) in [5.41, 5.74) is 0.531. The highest BCUT2D eigenvalue weighted by molar-refractivity contribution is 14.0. The molecule has 2 N–H and O–H groups in total. The zero-order valence-electron chi connectivity index (χ0n) is 18.2. The van der Waals surface area contributed by atoms with Crippen LogP contribution in [0, 0.1) is 0 Å². The Labute approximate surface area is 194 Å². The van der Waals surface area contributed by atoms with Crippen molar-refractivity contribution >= 4 is 29.9 Å². The number of rotatable bonds is 10. The highest BCUT2D eigenvalue weighted by atomic mass is 127. The summed E-state index contributed by atoms with van der Waals surface area (Å²) in [6.45, 7) is 7.89. The van der Waals surface area contributed by atoms with Crippen LogP contribution in [0.1, 0.15) is 39.7 Å². The van der Waals surface area contributed by atoms with E-state index in [1.165, 1.54) is 6.07 Å². The molecule has 0 atom stereocenters. The van der Waals surface area contributed by atoms with Crippen molar-refractivity contribution in [2.45, 2.75) is 59.4 Å². The summed E-state index contributed by atoms with van der Waals surface area (Å²) in [4.78, 5) is 6.62. The normalized spacial score (nSPS) is 13.2. The first-order chi connectivity index (χ1) is 13.8. The molecule has 0 radical (unpaired) electrons. The number of aliphatic imine (C=N–C) groups is 1. The van der Waals surface area contributed by atoms with E-state index >= 15 is 0 Å². The second kappa shape index (κ2) is 13.0. The smallest absolute Gasteiger partial charge is 0.387 e. The van der Waals surface area contributed by atoms with E-state index in [9.17, 15) is 8.78 Å². The third-order valence-corrected chi connectivity index (χ3v) is 4.65. The van der Waals surface area contributed by atoms with Crippen molar-refractivity contribution in [3.63, 3.8) is 0 Å². The van der Waals surface area contributed by atoms with Gasteiger partial charge in [-0.1, -0.05) is 0 Å². The number of benzene rings is 1. The van der Waals surface area contributed by atoms with Gasteiger partial charge in [-0.05, 0) is 40.2 Å². The Kier molecular flexibility index (Phi) is 11.5. The van der Waals surface area contributed by atoms with E-state index in [1.54, 1.807) is 13.1 Å². The highest BCUT2D eigenvalue weighted by Gasteiger charge is 2.20. The molecule has 0 spiro atoms.